The smallest absolute Gasteiger partial charge is 0.272 e. The Kier molecular flexibility index (Phi) is 4.03. The van der Waals surface area contributed by atoms with Crippen LogP contribution in [0.1, 0.15) is 6.42 Å². The van der Waals surface area contributed by atoms with Crippen LogP contribution in [0.25, 0.3) is 22.0 Å². The van der Waals surface area contributed by atoms with E-state index in [1.807, 2.05) is 42.5 Å². The van der Waals surface area contributed by atoms with Crippen molar-refractivity contribution in [1.82, 2.24) is 15.5 Å². The van der Waals surface area contributed by atoms with E-state index >= 15 is 0 Å². The number of benzene rings is 2. The van der Waals surface area contributed by atoms with Crippen LogP contribution in [-0.2, 0) is 4.79 Å². The van der Waals surface area contributed by atoms with Crippen molar-refractivity contribution in [2.75, 3.05) is 18.4 Å². The molecule has 1 unspecified atom stereocenters. The van der Waals surface area contributed by atoms with Gasteiger partial charge < -0.3 is 10.6 Å². The zero-order valence-corrected chi connectivity index (χ0v) is 13.6. The van der Waals surface area contributed by atoms with Crippen LogP contribution in [0.15, 0.2) is 53.3 Å². The van der Waals surface area contributed by atoms with Crippen LogP contribution in [0, 0.1) is 5.92 Å². The highest BCUT2D eigenvalue weighted by molar-refractivity contribution is 5.95. The molecule has 3 aromatic rings. The Balaban J connectivity index is 1.61. The Hall–Kier alpha value is -2.99. The van der Waals surface area contributed by atoms with Crippen molar-refractivity contribution in [3.05, 3.63) is 58.9 Å². The topological polar surface area (TPSA) is 86.9 Å². The van der Waals surface area contributed by atoms with Crippen molar-refractivity contribution in [3.8, 4) is 11.3 Å². The summed E-state index contributed by atoms with van der Waals surface area (Å²) >= 11 is 0. The normalized spacial score (nSPS) is 16.9. The van der Waals surface area contributed by atoms with Gasteiger partial charge in [-0.2, -0.15) is 5.10 Å². The van der Waals surface area contributed by atoms with Crippen LogP contribution in [-0.4, -0.2) is 29.2 Å². The average Bonchev–Trinajstić information content (AvgIpc) is 3.18. The maximum absolute atomic E-state index is 12.2. The van der Waals surface area contributed by atoms with Crippen molar-refractivity contribution >= 4 is 22.4 Å². The first-order valence-corrected chi connectivity index (χ1v) is 8.32. The van der Waals surface area contributed by atoms with E-state index in [1.165, 1.54) is 0 Å². The first kappa shape index (κ1) is 15.5. The minimum atomic E-state index is -0.201. The summed E-state index contributed by atoms with van der Waals surface area (Å²) in [4.78, 5) is 24.1. The molecule has 0 saturated carbocycles. The minimum Gasteiger partial charge on any atom is -0.326 e. The summed E-state index contributed by atoms with van der Waals surface area (Å²) in [6.45, 7) is 1.62. The van der Waals surface area contributed by atoms with Crippen LogP contribution in [0.5, 0.6) is 0 Å². The minimum absolute atomic E-state index is 0.0319. The van der Waals surface area contributed by atoms with E-state index < -0.39 is 0 Å². The third-order valence-corrected chi connectivity index (χ3v) is 4.55. The number of aromatic nitrogens is 2. The number of fused-ring (bicyclic) bond motifs is 1. The molecule has 2 heterocycles. The SMILES string of the molecule is O=C(Nc1ccc(-c2n[nH]c(=O)c3ccccc23)cc1)C1CCNC1. The Labute approximate surface area is 144 Å². The second-order valence-electron chi connectivity index (χ2n) is 6.20. The van der Waals surface area contributed by atoms with E-state index in [0.29, 0.717) is 11.1 Å². The lowest BCUT2D eigenvalue weighted by Gasteiger charge is -2.11. The van der Waals surface area contributed by atoms with Crippen LogP contribution in [0.2, 0.25) is 0 Å². The third kappa shape index (κ3) is 3.04. The zero-order chi connectivity index (χ0) is 17.2. The molecule has 6 nitrogen and oxygen atoms in total. The summed E-state index contributed by atoms with van der Waals surface area (Å²) in [6.07, 6.45) is 0.872. The highest BCUT2D eigenvalue weighted by Gasteiger charge is 2.22. The predicted octanol–water partition coefficient (Wildman–Crippen LogP) is 2.14. The number of aromatic amines is 1. The Bertz CT molecular complexity index is 973. The van der Waals surface area contributed by atoms with Crippen molar-refractivity contribution < 1.29 is 4.79 Å². The van der Waals surface area contributed by atoms with Crippen LogP contribution < -0.4 is 16.2 Å². The second kappa shape index (κ2) is 6.49. The molecule has 0 radical (unpaired) electrons. The fourth-order valence-electron chi connectivity index (χ4n) is 3.17. The van der Waals surface area contributed by atoms with Crippen LogP contribution >= 0.6 is 0 Å². The van der Waals surface area contributed by atoms with Gasteiger partial charge in [0.2, 0.25) is 5.91 Å². The van der Waals surface area contributed by atoms with Crippen molar-refractivity contribution in [2.45, 2.75) is 6.42 Å². The van der Waals surface area contributed by atoms with E-state index in [4.69, 9.17) is 0 Å². The first-order chi connectivity index (χ1) is 12.2. The number of nitrogens with one attached hydrogen (secondary N) is 3. The Morgan fingerprint density at radius 1 is 1.08 bits per heavy atom. The van der Waals surface area contributed by atoms with E-state index in [9.17, 15) is 9.59 Å². The van der Waals surface area contributed by atoms with Gasteiger partial charge in [0.25, 0.3) is 5.56 Å². The number of amides is 1. The summed E-state index contributed by atoms with van der Waals surface area (Å²) in [6, 6.07) is 14.9. The second-order valence-corrected chi connectivity index (χ2v) is 6.20. The third-order valence-electron chi connectivity index (χ3n) is 4.55. The van der Waals surface area contributed by atoms with Gasteiger partial charge in [0.15, 0.2) is 0 Å². The Morgan fingerprint density at radius 3 is 2.56 bits per heavy atom. The lowest BCUT2D eigenvalue weighted by molar-refractivity contribution is -0.119. The van der Waals surface area contributed by atoms with Crippen molar-refractivity contribution in [1.29, 1.82) is 0 Å². The van der Waals surface area contributed by atoms with Gasteiger partial charge in [-0.05, 0) is 31.2 Å². The molecule has 1 amide bonds. The molecular weight excluding hydrogens is 316 g/mol. The largest absolute Gasteiger partial charge is 0.326 e. The number of carbonyl (C=O) groups is 1. The predicted molar refractivity (Wildman–Crippen MR) is 97.4 cm³/mol. The molecule has 1 aliphatic heterocycles. The van der Waals surface area contributed by atoms with Gasteiger partial charge in [0, 0.05) is 23.2 Å². The van der Waals surface area contributed by atoms with E-state index in [2.05, 4.69) is 20.8 Å². The molecule has 1 aliphatic rings. The number of nitrogens with zero attached hydrogens (tertiary/aromatic N) is 1. The first-order valence-electron chi connectivity index (χ1n) is 8.32. The van der Waals surface area contributed by atoms with Gasteiger partial charge in [0.1, 0.15) is 0 Å². The lowest BCUT2D eigenvalue weighted by Crippen LogP contribution is -2.24. The lowest BCUT2D eigenvalue weighted by atomic mass is 10.0. The van der Waals surface area contributed by atoms with E-state index in [1.54, 1.807) is 6.07 Å². The molecule has 25 heavy (non-hydrogen) atoms. The van der Waals surface area contributed by atoms with Crippen molar-refractivity contribution in [2.24, 2.45) is 5.92 Å². The maximum Gasteiger partial charge on any atom is 0.272 e. The number of hydrogen-bond donors (Lipinski definition) is 3. The Morgan fingerprint density at radius 2 is 1.84 bits per heavy atom. The monoisotopic (exact) mass is 334 g/mol. The number of hydrogen-bond acceptors (Lipinski definition) is 4. The van der Waals surface area contributed by atoms with Crippen LogP contribution in [0.4, 0.5) is 5.69 Å². The summed E-state index contributed by atoms with van der Waals surface area (Å²) in [5, 5.41) is 14.3. The molecular formula is C19H18N4O2. The van der Waals surface area contributed by atoms with E-state index in [-0.39, 0.29) is 17.4 Å². The van der Waals surface area contributed by atoms with E-state index in [0.717, 1.165) is 36.1 Å². The molecule has 3 N–H and O–H groups in total. The molecule has 1 atom stereocenters. The molecule has 1 fully saturated rings. The molecule has 0 spiro atoms. The number of carbonyl (C=O) groups excluding carboxylic acids is 1. The molecule has 2 aromatic carbocycles. The molecule has 1 saturated heterocycles. The average molecular weight is 334 g/mol. The maximum atomic E-state index is 12.2. The number of anilines is 1. The van der Waals surface area contributed by atoms with Crippen molar-refractivity contribution in [3.63, 3.8) is 0 Å². The molecule has 4 rings (SSSR count). The standard InChI is InChI=1S/C19H18N4O2/c24-18(13-9-10-20-11-13)21-14-7-5-12(6-8-14)17-15-3-1-2-4-16(15)19(25)23-22-17/h1-8,13,20H,9-11H2,(H,21,24)(H,23,25). The highest BCUT2D eigenvalue weighted by atomic mass is 16.2. The van der Waals surface area contributed by atoms with Gasteiger partial charge >= 0.3 is 0 Å². The van der Waals surface area contributed by atoms with Gasteiger partial charge in [0.05, 0.1) is 17.0 Å². The summed E-state index contributed by atoms with van der Waals surface area (Å²) < 4.78 is 0. The molecule has 0 aliphatic carbocycles. The van der Waals surface area contributed by atoms with Crippen LogP contribution in [0.3, 0.4) is 0 Å². The molecule has 6 heteroatoms. The quantitative estimate of drug-likeness (QED) is 0.685. The fourth-order valence-corrected chi connectivity index (χ4v) is 3.17. The summed E-state index contributed by atoms with van der Waals surface area (Å²) in [7, 11) is 0. The summed E-state index contributed by atoms with van der Waals surface area (Å²) in [5.74, 6) is 0.0786. The number of H-pyrrole nitrogens is 1. The molecule has 0 bridgehead atoms. The zero-order valence-electron chi connectivity index (χ0n) is 13.6. The van der Waals surface area contributed by atoms with Gasteiger partial charge in [-0.15, -0.1) is 0 Å². The molecule has 126 valence electrons. The van der Waals surface area contributed by atoms with Gasteiger partial charge in [-0.25, -0.2) is 5.10 Å². The van der Waals surface area contributed by atoms with Gasteiger partial charge in [-0.1, -0.05) is 30.3 Å². The summed E-state index contributed by atoms with van der Waals surface area (Å²) in [5.41, 5.74) is 2.16. The number of rotatable bonds is 3. The molecule has 1 aromatic heterocycles. The van der Waals surface area contributed by atoms with Gasteiger partial charge in [-0.3, -0.25) is 9.59 Å². The highest BCUT2D eigenvalue weighted by Crippen LogP contribution is 2.25. The fraction of sp³-hybridized carbons (Fsp3) is 0.211.